The van der Waals surface area contributed by atoms with Crippen molar-refractivity contribution in [2.24, 2.45) is 0 Å². The Kier molecular flexibility index (Phi) is 4.87. The van der Waals surface area contributed by atoms with Gasteiger partial charge in [0.1, 0.15) is 11.9 Å². The first-order valence-electron chi connectivity index (χ1n) is 7.12. The van der Waals surface area contributed by atoms with Crippen molar-refractivity contribution in [3.8, 4) is 0 Å². The molecule has 0 spiro atoms. The van der Waals surface area contributed by atoms with E-state index < -0.39 is 6.10 Å². The molecular formula is C15H17BrN4O2. The second kappa shape index (κ2) is 7.04. The van der Waals surface area contributed by atoms with E-state index >= 15 is 0 Å². The average Bonchev–Trinajstić information content (AvgIpc) is 2.95. The van der Waals surface area contributed by atoms with Crippen LogP contribution in [0.15, 0.2) is 41.0 Å². The molecule has 1 amide bonds. The summed E-state index contributed by atoms with van der Waals surface area (Å²) >= 11 is 3.45. The molecule has 0 unspecified atom stereocenters. The highest BCUT2D eigenvalue weighted by molar-refractivity contribution is 9.10. The largest absolute Gasteiger partial charge is 0.366 e. The summed E-state index contributed by atoms with van der Waals surface area (Å²) < 4.78 is 8.23. The van der Waals surface area contributed by atoms with Crippen molar-refractivity contribution in [1.82, 2.24) is 15.1 Å². The third kappa shape index (κ3) is 3.73. The Bertz CT molecular complexity index is 652. The number of carbonyl (C=O) groups is 1. The third-order valence-corrected chi connectivity index (χ3v) is 3.90. The standard InChI is InChI=1S/C15H17BrN4O2/c16-12-3-1-2-11(8-12)10-20-14(4-5-18-20)19-15(21)13-9-17-6-7-22-13/h1-5,8,13,17H,6-7,9-10H2,(H,19,21)/t13-/m1/s1. The molecule has 2 N–H and O–H groups in total. The van der Waals surface area contributed by atoms with Crippen LogP contribution < -0.4 is 10.6 Å². The molecule has 1 aliphatic heterocycles. The number of nitrogens with one attached hydrogen (secondary N) is 2. The van der Waals surface area contributed by atoms with Gasteiger partial charge >= 0.3 is 0 Å². The maximum Gasteiger partial charge on any atom is 0.255 e. The number of ether oxygens (including phenoxy) is 1. The first-order valence-corrected chi connectivity index (χ1v) is 7.91. The van der Waals surface area contributed by atoms with E-state index in [-0.39, 0.29) is 5.91 Å². The Labute approximate surface area is 137 Å². The number of hydrogen-bond donors (Lipinski definition) is 2. The summed E-state index contributed by atoms with van der Waals surface area (Å²) in [6, 6.07) is 9.78. The zero-order valence-electron chi connectivity index (χ0n) is 12.0. The quantitative estimate of drug-likeness (QED) is 0.864. The lowest BCUT2D eigenvalue weighted by molar-refractivity contribution is -0.128. The van der Waals surface area contributed by atoms with E-state index in [4.69, 9.17) is 4.74 Å². The second-order valence-electron chi connectivity index (χ2n) is 5.06. The fraction of sp³-hybridized carbons (Fsp3) is 0.333. The second-order valence-corrected chi connectivity index (χ2v) is 5.97. The zero-order chi connectivity index (χ0) is 15.4. The average molecular weight is 365 g/mol. The smallest absolute Gasteiger partial charge is 0.255 e. The third-order valence-electron chi connectivity index (χ3n) is 3.41. The highest BCUT2D eigenvalue weighted by Gasteiger charge is 2.22. The number of carbonyl (C=O) groups excluding carboxylic acids is 1. The molecule has 7 heteroatoms. The SMILES string of the molecule is O=C(Nc1ccnn1Cc1cccc(Br)c1)[C@H]1CNCCO1. The van der Waals surface area contributed by atoms with Gasteiger partial charge in [-0.3, -0.25) is 4.79 Å². The van der Waals surface area contributed by atoms with Gasteiger partial charge < -0.3 is 15.4 Å². The Morgan fingerprint density at radius 3 is 3.18 bits per heavy atom. The fourth-order valence-corrected chi connectivity index (χ4v) is 2.76. The van der Waals surface area contributed by atoms with Crippen LogP contribution in [0.5, 0.6) is 0 Å². The normalized spacial score (nSPS) is 18.1. The Morgan fingerprint density at radius 2 is 2.41 bits per heavy atom. The lowest BCUT2D eigenvalue weighted by Gasteiger charge is -2.22. The van der Waals surface area contributed by atoms with E-state index in [0.717, 1.165) is 16.6 Å². The molecule has 1 aromatic heterocycles. The van der Waals surface area contributed by atoms with Crippen molar-refractivity contribution in [2.45, 2.75) is 12.6 Å². The topological polar surface area (TPSA) is 68.2 Å². The van der Waals surface area contributed by atoms with Gasteiger partial charge in [0.15, 0.2) is 0 Å². The first kappa shape index (κ1) is 15.2. The lowest BCUT2D eigenvalue weighted by atomic mass is 10.2. The van der Waals surface area contributed by atoms with Gasteiger partial charge in [-0.25, -0.2) is 4.68 Å². The predicted octanol–water partition coefficient (Wildman–Crippen LogP) is 1.62. The van der Waals surface area contributed by atoms with Gasteiger partial charge in [-0.05, 0) is 17.7 Å². The lowest BCUT2D eigenvalue weighted by Crippen LogP contribution is -2.45. The summed E-state index contributed by atoms with van der Waals surface area (Å²) in [6.45, 7) is 2.46. The van der Waals surface area contributed by atoms with Crippen molar-refractivity contribution in [2.75, 3.05) is 25.0 Å². The summed E-state index contributed by atoms with van der Waals surface area (Å²) in [5, 5.41) is 10.3. The van der Waals surface area contributed by atoms with Crippen molar-refractivity contribution in [3.63, 3.8) is 0 Å². The molecule has 2 aromatic rings. The van der Waals surface area contributed by atoms with Crippen LogP contribution in [0.2, 0.25) is 0 Å². The Hall–Kier alpha value is -1.70. The Morgan fingerprint density at radius 1 is 1.50 bits per heavy atom. The number of benzene rings is 1. The summed E-state index contributed by atoms with van der Waals surface area (Å²) in [4.78, 5) is 12.2. The van der Waals surface area contributed by atoms with Crippen molar-refractivity contribution < 1.29 is 9.53 Å². The van der Waals surface area contributed by atoms with E-state index in [1.165, 1.54) is 0 Å². The summed E-state index contributed by atoms with van der Waals surface area (Å²) in [5.74, 6) is 0.516. The summed E-state index contributed by atoms with van der Waals surface area (Å²) in [6.07, 6.45) is 1.22. The van der Waals surface area contributed by atoms with Crippen molar-refractivity contribution in [1.29, 1.82) is 0 Å². The van der Waals surface area contributed by atoms with E-state index in [1.807, 2.05) is 24.3 Å². The number of morpholine rings is 1. The summed E-state index contributed by atoms with van der Waals surface area (Å²) in [7, 11) is 0. The molecule has 1 atom stereocenters. The van der Waals surface area contributed by atoms with Gasteiger partial charge in [0.2, 0.25) is 0 Å². The van der Waals surface area contributed by atoms with E-state index in [1.54, 1.807) is 16.9 Å². The van der Waals surface area contributed by atoms with Gasteiger partial charge in [0.25, 0.3) is 5.91 Å². The molecule has 22 heavy (non-hydrogen) atoms. The predicted molar refractivity (Wildman–Crippen MR) is 86.7 cm³/mol. The van der Waals surface area contributed by atoms with E-state index in [2.05, 4.69) is 31.7 Å². The van der Waals surface area contributed by atoms with Crippen LogP contribution in [0, 0.1) is 0 Å². The van der Waals surface area contributed by atoms with Gasteiger partial charge in [-0.1, -0.05) is 28.1 Å². The minimum Gasteiger partial charge on any atom is -0.366 e. The van der Waals surface area contributed by atoms with Crippen LogP contribution in [-0.4, -0.2) is 41.5 Å². The number of anilines is 1. The van der Waals surface area contributed by atoms with Crippen LogP contribution in [0.1, 0.15) is 5.56 Å². The highest BCUT2D eigenvalue weighted by Crippen LogP contribution is 2.15. The fourth-order valence-electron chi connectivity index (χ4n) is 2.31. The molecule has 116 valence electrons. The van der Waals surface area contributed by atoms with Crippen LogP contribution >= 0.6 is 15.9 Å². The van der Waals surface area contributed by atoms with Crippen LogP contribution in [-0.2, 0) is 16.1 Å². The summed E-state index contributed by atoms with van der Waals surface area (Å²) in [5.41, 5.74) is 1.10. The molecule has 0 saturated carbocycles. The van der Waals surface area contributed by atoms with Gasteiger partial charge in [0, 0.05) is 23.6 Å². The molecule has 3 rings (SSSR count). The molecular weight excluding hydrogens is 348 g/mol. The van der Waals surface area contributed by atoms with Crippen LogP contribution in [0.25, 0.3) is 0 Å². The van der Waals surface area contributed by atoms with Crippen molar-refractivity contribution in [3.05, 3.63) is 46.6 Å². The number of hydrogen-bond acceptors (Lipinski definition) is 4. The minimum absolute atomic E-state index is 0.150. The van der Waals surface area contributed by atoms with Gasteiger partial charge in [-0.2, -0.15) is 5.10 Å². The van der Waals surface area contributed by atoms with Gasteiger partial charge in [0.05, 0.1) is 19.3 Å². The van der Waals surface area contributed by atoms with Crippen LogP contribution in [0.4, 0.5) is 5.82 Å². The molecule has 1 aliphatic rings. The Balaban J connectivity index is 1.68. The number of aromatic nitrogens is 2. The monoisotopic (exact) mass is 364 g/mol. The van der Waals surface area contributed by atoms with Gasteiger partial charge in [-0.15, -0.1) is 0 Å². The van der Waals surface area contributed by atoms with Crippen molar-refractivity contribution >= 4 is 27.7 Å². The molecule has 0 bridgehead atoms. The van der Waals surface area contributed by atoms with Crippen LogP contribution in [0.3, 0.4) is 0 Å². The minimum atomic E-state index is -0.456. The maximum absolute atomic E-state index is 12.2. The molecule has 1 fully saturated rings. The molecule has 0 aliphatic carbocycles. The number of amides is 1. The molecule has 1 saturated heterocycles. The zero-order valence-corrected chi connectivity index (χ0v) is 13.5. The number of rotatable bonds is 4. The first-order chi connectivity index (χ1) is 10.7. The molecule has 1 aromatic carbocycles. The van der Waals surface area contributed by atoms with E-state index in [9.17, 15) is 4.79 Å². The number of halogens is 1. The highest BCUT2D eigenvalue weighted by atomic mass is 79.9. The number of nitrogens with zero attached hydrogens (tertiary/aromatic N) is 2. The van der Waals surface area contributed by atoms with E-state index in [0.29, 0.717) is 25.5 Å². The molecule has 2 heterocycles. The molecule has 6 nitrogen and oxygen atoms in total. The molecule has 0 radical (unpaired) electrons. The maximum atomic E-state index is 12.2.